The van der Waals surface area contributed by atoms with Gasteiger partial charge in [0.2, 0.25) is 17.7 Å². The summed E-state index contributed by atoms with van der Waals surface area (Å²) in [6.45, 7) is 2.37. The summed E-state index contributed by atoms with van der Waals surface area (Å²) in [6.07, 6.45) is 4.17. The largest absolute Gasteiger partial charge is 0.379 e. The molecule has 0 spiro atoms. The van der Waals surface area contributed by atoms with Crippen molar-refractivity contribution < 1.29 is 28.7 Å². The highest BCUT2D eigenvalue weighted by Crippen LogP contribution is 2.24. The molecule has 1 aliphatic carbocycles. The maximum Gasteiger partial charge on any atom is 0.244 e. The minimum absolute atomic E-state index is 0.0960. The first-order valence-corrected chi connectivity index (χ1v) is 16.6. The van der Waals surface area contributed by atoms with Gasteiger partial charge in [-0.25, -0.2) is 0 Å². The van der Waals surface area contributed by atoms with E-state index in [1.165, 1.54) is 0 Å². The van der Waals surface area contributed by atoms with Gasteiger partial charge in [-0.05, 0) is 41.2 Å². The van der Waals surface area contributed by atoms with Crippen molar-refractivity contribution in [1.82, 2.24) is 20.9 Å². The molecule has 248 valence electrons. The van der Waals surface area contributed by atoms with E-state index in [4.69, 9.17) is 4.74 Å². The summed E-state index contributed by atoms with van der Waals surface area (Å²) in [5, 5.41) is 10.6. The molecule has 47 heavy (non-hydrogen) atoms. The summed E-state index contributed by atoms with van der Waals surface area (Å²) < 4.78 is 5.48. The number of Topliss-reactive ketones (excluding diaryl/α,β-unsaturated/α-hetero) is 1. The maximum absolute atomic E-state index is 14.1. The van der Waals surface area contributed by atoms with Crippen LogP contribution in [0.4, 0.5) is 0 Å². The summed E-state index contributed by atoms with van der Waals surface area (Å²) >= 11 is 0. The van der Waals surface area contributed by atoms with Crippen LogP contribution >= 0.6 is 0 Å². The number of ether oxygens (including phenoxy) is 1. The second-order valence-electron chi connectivity index (χ2n) is 12.5. The minimum Gasteiger partial charge on any atom is -0.379 e. The van der Waals surface area contributed by atoms with Crippen molar-refractivity contribution in [2.24, 2.45) is 5.92 Å². The second kappa shape index (κ2) is 16.9. The highest BCUT2D eigenvalue weighted by Gasteiger charge is 2.32. The lowest BCUT2D eigenvalue weighted by Gasteiger charge is -2.32. The zero-order valence-electron chi connectivity index (χ0n) is 26.7. The Labute approximate surface area is 275 Å². The summed E-state index contributed by atoms with van der Waals surface area (Å²) in [5.41, 5.74) is 1.70. The SMILES string of the molecule is O=C[C@H](C[C@@H]1CCCCC1=O)NC(=O)[C@H](CN1CCOCC1)NC(=O)[C@H](Cc1cccc2ccccc12)NC(=O)Cc1ccccc1. The number of fused-ring (bicyclic) bond motifs is 1. The van der Waals surface area contributed by atoms with Crippen molar-refractivity contribution in [2.75, 3.05) is 32.8 Å². The van der Waals surface area contributed by atoms with E-state index in [0.717, 1.165) is 34.7 Å². The van der Waals surface area contributed by atoms with Crippen LogP contribution in [0.25, 0.3) is 10.8 Å². The average Bonchev–Trinajstić information content (AvgIpc) is 3.09. The Hall–Kier alpha value is -4.41. The Morgan fingerprint density at radius 2 is 1.57 bits per heavy atom. The smallest absolute Gasteiger partial charge is 0.244 e. The van der Waals surface area contributed by atoms with Gasteiger partial charge in [-0.3, -0.25) is 24.1 Å². The van der Waals surface area contributed by atoms with Gasteiger partial charge in [0, 0.05) is 38.4 Å². The number of morpholine rings is 1. The van der Waals surface area contributed by atoms with Gasteiger partial charge in [-0.15, -0.1) is 0 Å². The molecular weight excluding hydrogens is 596 g/mol. The first-order chi connectivity index (χ1) is 22.9. The highest BCUT2D eigenvalue weighted by atomic mass is 16.5. The van der Waals surface area contributed by atoms with Crippen molar-refractivity contribution in [1.29, 1.82) is 0 Å². The Bertz CT molecular complexity index is 1530. The quantitative estimate of drug-likeness (QED) is 0.231. The molecule has 1 heterocycles. The standard InChI is InChI=1S/C37H44N4O6/c42-25-30(22-29-12-5-7-16-34(29)43)38-37(46)33(24-41-17-19-47-20-18-41)40-36(45)32(39-35(44)21-26-9-2-1-3-10-26)23-28-14-8-13-27-11-4-6-15-31(27)28/h1-4,6,8-11,13-15,25,29-30,32-33H,5,7,12,16-24H2,(H,38,46)(H,39,44)(H,40,45)/t29-,30-,32-,33-/m0/s1. The topological polar surface area (TPSA) is 134 Å². The summed E-state index contributed by atoms with van der Waals surface area (Å²) in [4.78, 5) is 67.6. The van der Waals surface area contributed by atoms with Crippen LogP contribution in [-0.2, 0) is 41.6 Å². The molecule has 3 N–H and O–H groups in total. The minimum atomic E-state index is -1.01. The molecule has 0 bridgehead atoms. The van der Waals surface area contributed by atoms with Gasteiger partial charge in [-0.2, -0.15) is 0 Å². The molecule has 10 nitrogen and oxygen atoms in total. The Morgan fingerprint density at radius 1 is 0.851 bits per heavy atom. The average molecular weight is 641 g/mol. The Morgan fingerprint density at radius 3 is 2.34 bits per heavy atom. The molecule has 2 fully saturated rings. The fraction of sp³-hybridized carbons (Fsp3) is 0.432. The molecule has 0 unspecified atom stereocenters. The number of rotatable bonds is 14. The van der Waals surface area contributed by atoms with E-state index in [1.807, 2.05) is 77.7 Å². The Kier molecular flexibility index (Phi) is 12.2. The molecule has 0 radical (unpaired) electrons. The van der Waals surface area contributed by atoms with Gasteiger partial charge < -0.3 is 25.5 Å². The number of benzene rings is 3. The summed E-state index contributed by atoms with van der Waals surface area (Å²) in [5.74, 6) is -1.47. The number of amides is 3. The molecule has 2 aliphatic rings. The van der Waals surface area contributed by atoms with Crippen LogP contribution in [0.1, 0.15) is 43.2 Å². The zero-order chi connectivity index (χ0) is 33.0. The third-order valence-electron chi connectivity index (χ3n) is 9.05. The van der Waals surface area contributed by atoms with E-state index < -0.39 is 29.9 Å². The first-order valence-electron chi connectivity index (χ1n) is 16.6. The van der Waals surface area contributed by atoms with Gasteiger partial charge in [0.1, 0.15) is 24.2 Å². The van der Waals surface area contributed by atoms with Crippen molar-refractivity contribution in [3.63, 3.8) is 0 Å². The van der Waals surface area contributed by atoms with Crippen molar-refractivity contribution in [3.8, 4) is 0 Å². The number of hydrogen-bond donors (Lipinski definition) is 3. The molecule has 0 aromatic heterocycles. The molecule has 5 rings (SSSR count). The molecule has 1 saturated heterocycles. The van der Waals surface area contributed by atoms with Gasteiger partial charge in [0.15, 0.2) is 0 Å². The fourth-order valence-corrected chi connectivity index (χ4v) is 6.48. The van der Waals surface area contributed by atoms with Crippen LogP contribution < -0.4 is 16.0 Å². The molecule has 3 amide bonds. The third kappa shape index (κ3) is 9.79. The van der Waals surface area contributed by atoms with Crippen LogP contribution in [0.15, 0.2) is 72.8 Å². The summed E-state index contributed by atoms with van der Waals surface area (Å²) in [6, 6.07) is 20.2. The molecular formula is C37H44N4O6. The zero-order valence-corrected chi connectivity index (χ0v) is 26.7. The fourth-order valence-electron chi connectivity index (χ4n) is 6.48. The molecule has 10 heteroatoms. The van der Waals surface area contributed by atoms with E-state index >= 15 is 0 Å². The molecule has 1 aliphatic heterocycles. The van der Waals surface area contributed by atoms with Crippen LogP contribution in [0.5, 0.6) is 0 Å². The number of aldehydes is 1. The number of carbonyl (C=O) groups is 5. The van der Waals surface area contributed by atoms with E-state index in [1.54, 1.807) is 0 Å². The van der Waals surface area contributed by atoms with Crippen molar-refractivity contribution in [3.05, 3.63) is 83.9 Å². The van der Waals surface area contributed by atoms with Gasteiger partial charge in [0.05, 0.1) is 25.7 Å². The van der Waals surface area contributed by atoms with Gasteiger partial charge >= 0.3 is 0 Å². The molecule has 3 aromatic rings. The number of carbonyl (C=O) groups excluding carboxylic acids is 5. The second-order valence-corrected chi connectivity index (χ2v) is 12.5. The van der Waals surface area contributed by atoms with Crippen molar-refractivity contribution in [2.45, 2.75) is 63.1 Å². The third-order valence-corrected chi connectivity index (χ3v) is 9.05. The van der Waals surface area contributed by atoms with Crippen LogP contribution in [-0.4, -0.2) is 85.7 Å². The van der Waals surface area contributed by atoms with Crippen LogP contribution in [0.2, 0.25) is 0 Å². The first kappa shape index (κ1) is 33.9. The lowest BCUT2D eigenvalue weighted by Crippen LogP contribution is -2.59. The normalized spacial score (nSPS) is 18.9. The number of ketones is 1. The molecule has 4 atom stereocenters. The van der Waals surface area contributed by atoms with Crippen LogP contribution in [0.3, 0.4) is 0 Å². The summed E-state index contributed by atoms with van der Waals surface area (Å²) in [7, 11) is 0. The van der Waals surface area contributed by atoms with Gasteiger partial charge in [0.25, 0.3) is 0 Å². The lowest BCUT2D eigenvalue weighted by molar-refractivity contribution is -0.133. The van der Waals surface area contributed by atoms with E-state index in [-0.39, 0.29) is 43.4 Å². The highest BCUT2D eigenvalue weighted by molar-refractivity contribution is 5.94. The number of hydrogen-bond acceptors (Lipinski definition) is 7. The lowest BCUT2D eigenvalue weighted by atomic mass is 9.84. The van der Waals surface area contributed by atoms with E-state index in [2.05, 4.69) is 16.0 Å². The predicted molar refractivity (Wildman–Crippen MR) is 178 cm³/mol. The monoisotopic (exact) mass is 640 g/mol. The van der Waals surface area contributed by atoms with Crippen molar-refractivity contribution >= 4 is 40.6 Å². The van der Waals surface area contributed by atoms with Gasteiger partial charge in [-0.1, -0.05) is 79.2 Å². The van der Waals surface area contributed by atoms with E-state index in [9.17, 15) is 24.0 Å². The van der Waals surface area contributed by atoms with E-state index in [0.29, 0.717) is 45.4 Å². The number of nitrogens with zero attached hydrogens (tertiary/aromatic N) is 1. The number of nitrogens with one attached hydrogen (secondary N) is 3. The molecule has 3 aromatic carbocycles. The predicted octanol–water partition coefficient (Wildman–Crippen LogP) is 2.76. The Balaban J connectivity index is 1.35. The maximum atomic E-state index is 14.1. The molecule has 1 saturated carbocycles. The van der Waals surface area contributed by atoms with Crippen LogP contribution in [0, 0.1) is 5.92 Å².